The first kappa shape index (κ1) is 20.6. The lowest BCUT2D eigenvalue weighted by Gasteiger charge is -2.41. The minimum absolute atomic E-state index is 0.103. The first-order valence-electron chi connectivity index (χ1n) is 10.3. The number of carbonyl (C=O) groups is 1. The molecule has 4 nitrogen and oxygen atoms in total. The summed E-state index contributed by atoms with van der Waals surface area (Å²) in [5.74, 6) is 0.114. The highest BCUT2D eigenvalue weighted by Gasteiger charge is 2.31. The highest BCUT2D eigenvalue weighted by atomic mass is 16.2. The second kappa shape index (κ2) is 8.89. The van der Waals surface area contributed by atoms with Gasteiger partial charge in [-0.3, -0.25) is 14.6 Å². The Morgan fingerprint density at radius 3 is 1.68 bits per heavy atom. The topological polar surface area (TPSA) is 35.6 Å². The summed E-state index contributed by atoms with van der Waals surface area (Å²) in [5.41, 5.74) is 2.44. The van der Waals surface area contributed by atoms with Gasteiger partial charge in [-0.1, -0.05) is 60.7 Å². The normalized spacial score (nSPS) is 17.5. The zero-order valence-corrected chi connectivity index (χ0v) is 17.6. The van der Waals surface area contributed by atoms with E-state index < -0.39 is 0 Å². The number of nitrogens with one attached hydrogen (secondary N) is 1. The van der Waals surface area contributed by atoms with Crippen LogP contribution in [0.15, 0.2) is 60.7 Å². The third-order valence-electron chi connectivity index (χ3n) is 5.37. The van der Waals surface area contributed by atoms with Crippen LogP contribution in [0.2, 0.25) is 0 Å². The Kier molecular flexibility index (Phi) is 6.53. The molecule has 0 radical (unpaired) electrons. The van der Waals surface area contributed by atoms with Crippen molar-refractivity contribution in [3.63, 3.8) is 0 Å². The lowest BCUT2D eigenvalue weighted by Crippen LogP contribution is -2.56. The summed E-state index contributed by atoms with van der Waals surface area (Å²) < 4.78 is 0. The van der Waals surface area contributed by atoms with E-state index in [1.165, 1.54) is 11.1 Å². The lowest BCUT2D eigenvalue weighted by molar-refractivity contribution is -0.128. The molecular weight excluding hydrogens is 346 g/mol. The molecule has 0 spiro atoms. The molecule has 1 amide bonds. The summed E-state index contributed by atoms with van der Waals surface area (Å²) in [6.45, 7) is 11.8. The van der Waals surface area contributed by atoms with E-state index in [-0.39, 0.29) is 23.5 Å². The van der Waals surface area contributed by atoms with Crippen molar-refractivity contribution in [3.8, 4) is 0 Å². The van der Waals surface area contributed by atoms with E-state index in [0.717, 1.165) is 26.2 Å². The van der Waals surface area contributed by atoms with Gasteiger partial charge >= 0.3 is 0 Å². The number of hydrogen-bond acceptors (Lipinski definition) is 3. The van der Waals surface area contributed by atoms with Crippen LogP contribution in [-0.4, -0.2) is 53.5 Å². The first-order chi connectivity index (χ1) is 13.3. The molecule has 1 fully saturated rings. The van der Waals surface area contributed by atoms with Gasteiger partial charge in [-0.05, 0) is 38.8 Å². The van der Waals surface area contributed by atoms with Crippen LogP contribution in [0.3, 0.4) is 0 Å². The highest BCUT2D eigenvalue weighted by Crippen LogP contribution is 2.29. The van der Waals surface area contributed by atoms with Crippen molar-refractivity contribution in [1.29, 1.82) is 0 Å². The Morgan fingerprint density at radius 2 is 1.25 bits per heavy atom. The number of rotatable bonds is 5. The van der Waals surface area contributed by atoms with Gasteiger partial charge in [0.05, 0.1) is 12.1 Å². The molecule has 0 aliphatic carbocycles. The SMILES string of the molecule is C[C@@H](C(=O)NC(C)(C)C)N1CCN(C(c2ccccc2)c2ccccc2)CC1. The summed E-state index contributed by atoms with van der Waals surface area (Å²) in [4.78, 5) is 17.4. The Morgan fingerprint density at radius 1 is 0.821 bits per heavy atom. The fraction of sp³-hybridized carbons (Fsp3) is 0.458. The molecule has 0 saturated carbocycles. The Hall–Kier alpha value is -2.17. The zero-order chi connectivity index (χ0) is 20.1. The van der Waals surface area contributed by atoms with E-state index in [0.29, 0.717) is 0 Å². The lowest BCUT2D eigenvalue weighted by atomic mass is 9.96. The number of hydrogen-bond donors (Lipinski definition) is 1. The second-order valence-electron chi connectivity index (χ2n) is 8.71. The van der Waals surface area contributed by atoms with Gasteiger partial charge < -0.3 is 5.32 Å². The van der Waals surface area contributed by atoms with Gasteiger partial charge in [-0.15, -0.1) is 0 Å². The van der Waals surface area contributed by atoms with Crippen LogP contribution in [0, 0.1) is 0 Å². The molecule has 2 aromatic carbocycles. The third-order valence-corrected chi connectivity index (χ3v) is 5.37. The molecule has 0 aromatic heterocycles. The maximum Gasteiger partial charge on any atom is 0.237 e. The number of nitrogens with zero attached hydrogens (tertiary/aromatic N) is 2. The van der Waals surface area contributed by atoms with Crippen LogP contribution in [-0.2, 0) is 4.79 Å². The maximum atomic E-state index is 12.5. The molecule has 1 aliphatic heterocycles. The molecule has 1 saturated heterocycles. The third kappa shape index (κ3) is 5.21. The predicted octanol–water partition coefficient (Wildman–Crippen LogP) is 3.70. The van der Waals surface area contributed by atoms with Crippen LogP contribution >= 0.6 is 0 Å². The van der Waals surface area contributed by atoms with Crippen LogP contribution in [0.4, 0.5) is 0 Å². The van der Waals surface area contributed by atoms with E-state index in [1.807, 2.05) is 27.7 Å². The number of piperazine rings is 1. The number of carbonyl (C=O) groups excluding carboxylic acids is 1. The molecule has 150 valence electrons. The Balaban J connectivity index is 1.70. The predicted molar refractivity (Wildman–Crippen MR) is 115 cm³/mol. The van der Waals surface area contributed by atoms with Gasteiger partial charge in [-0.2, -0.15) is 0 Å². The number of benzene rings is 2. The largest absolute Gasteiger partial charge is 0.350 e. The van der Waals surface area contributed by atoms with Crippen molar-refractivity contribution in [1.82, 2.24) is 15.1 Å². The van der Waals surface area contributed by atoms with Crippen LogP contribution in [0.1, 0.15) is 44.9 Å². The molecule has 1 heterocycles. The van der Waals surface area contributed by atoms with Crippen LogP contribution < -0.4 is 5.32 Å². The van der Waals surface area contributed by atoms with Gasteiger partial charge in [0.25, 0.3) is 0 Å². The average Bonchev–Trinajstić information content (AvgIpc) is 2.68. The molecule has 2 aromatic rings. The van der Waals surface area contributed by atoms with Crippen molar-refractivity contribution in [2.24, 2.45) is 0 Å². The molecule has 1 N–H and O–H groups in total. The monoisotopic (exact) mass is 379 g/mol. The average molecular weight is 380 g/mol. The zero-order valence-electron chi connectivity index (χ0n) is 17.6. The van der Waals surface area contributed by atoms with Gasteiger partial charge in [0.2, 0.25) is 5.91 Å². The summed E-state index contributed by atoms with van der Waals surface area (Å²) in [7, 11) is 0. The molecule has 0 bridgehead atoms. The smallest absolute Gasteiger partial charge is 0.237 e. The quantitative estimate of drug-likeness (QED) is 0.860. The van der Waals surface area contributed by atoms with Crippen molar-refractivity contribution in [2.45, 2.75) is 45.3 Å². The van der Waals surface area contributed by atoms with E-state index in [2.05, 4.69) is 75.8 Å². The van der Waals surface area contributed by atoms with Crippen LogP contribution in [0.25, 0.3) is 0 Å². The highest BCUT2D eigenvalue weighted by molar-refractivity contribution is 5.81. The maximum absolute atomic E-state index is 12.5. The van der Waals surface area contributed by atoms with Gasteiger partial charge in [-0.25, -0.2) is 0 Å². The van der Waals surface area contributed by atoms with Crippen molar-refractivity contribution in [3.05, 3.63) is 71.8 Å². The fourth-order valence-corrected chi connectivity index (χ4v) is 3.91. The summed E-state index contributed by atoms with van der Waals surface area (Å²) in [6.07, 6.45) is 0. The standard InChI is InChI=1S/C24H33N3O/c1-19(23(28)25-24(2,3)4)26-15-17-27(18-16-26)22(20-11-7-5-8-12-20)21-13-9-6-10-14-21/h5-14,19,22H,15-18H2,1-4H3,(H,25,28)/t19-/m0/s1. The number of amides is 1. The van der Waals surface area contributed by atoms with Crippen molar-refractivity contribution < 1.29 is 4.79 Å². The Bertz CT molecular complexity index is 707. The van der Waals surface area contributed by atoms with E-state index in [1.54, 1.807) is 0 Å². The molecule has 0 unspecified atom stereocenters. The van der Waals surface area contributed by atoms with Gasteiger partial charge in [0, 0.05) is 31.7 Å². The first-order valence-corrected chi connectivity index (χ1v) is 10.3. The minimum Gasteiger partial charge on any atom is -0.350 e. The van der Waals surface area contributed by atoms with Gasteiger partial charge in [0.1, 0.15) is 0 Å². The summed E-state index contributed by atoms with van der Waals surface area (Å²) in [5, 5.41) is 3.11. The molecule has 3 rings (SSSR count). The van der Waals surface area contributed by atoms with E-state index in [9.17, 15) is 4.79 Å². The molecule has 28 heavy (non-hydrogen) atoms. The van der Waals surface area contributed by atoms with Crippen molar-refractivity contribution >= 4 is 5.91 Å². The summed E-state index contributed by atoms with van der Waals surface area (Å²) >= 11 is 0. The van der Waals surface area contributed by atoms with Crippen molar-refractivity contribution in [2.75, 3.05) is 26.2 Å². The van der Waals surface area contributed by atoms with E-state index in [4.69, 9.17) is 0 Å². The van der Waals surface area contributed by atoms with Gasteiger partial charge in [0.15, 0.2) is 0 Å². The molecule has 1 aliphatic rings. The van der Waals surface area contributed by atoms with E-state index >= 15 is 0 Å². The second-order valence-corrected chi connectivity index (χ2v) is 8.71. The fourth-order valence-electron chi connectivity index (χ4n) is 3.91. The summed E-state index contributed by atoms with van der Waals surface area (Å²) in [6, 6.07) is 21.6. The molecule has 4 heteroatoms. The molecule has 1 atom stereocenters. The van der Waals surface area contributed by atoms with Crippen LogP contribution in [0.5, 0.6) is 0 Å². The Labute approximate surface area is 169 Å². The minimum atomic E-state index is -0.196. The molecular formula is C24H33N3O.